The van der Waals surface area contributed by atoms with Crippen LogP contribution in [0.5, 0.6) is 0 Å². The van der Waals surface area contributed by atoms with Gasteiger partial charge in [0.05, 0.1) is 12.1 Å². The van der Waals surface area contributed by atoms with Crippen molar-refractivity contribution in [1.82, 2.24) is 5.43 Å². The van der Waals surface area contributed by atoms with Crippen LogP contribution < -0.4 is 11.3 Å². The second-order valence-corrected chi connectivity index (χ2v) is 5.29. The highest BCUT2D eigenvalue weighted by molar-refractivity contribution is 7.10. The van der Waals surface area contributed by atoms with Crippen molar-refractivity contribution < 1.29 is 4.74 Å². The molecule has 84 valence electrons. The summed E-state index contributed by atoms with van der Waals surface area (Å²) in [4.78, 5) is 1.32. The first-order chi connectivity index (χ1) is 7.26. The molecule has 1 fully saturated rings. The number of methoxy groups -OCH3 is 1. The lowest BCUT2D eigenvalue weighted by atomic mass is 10.0. The zero-order valence-electron chi connectivity index (χ0n) is 9.19. The average Bonchev–Trinajstić information content (AvgIpc) is 2.98. The molecule has 1 saturated carbocycles. The second kappa shape index (κ2) is 4.61. The van der Waals surface area contributed by atoms with Crippen LogP contribution in [0.3, 0.4) is 0 Å². The van der Waals surface area contributed by atoms with Gasteiger partial charge in [-0.05, 0) is 42.7 Å². The van der Waals surface area contributed by atoms with Crippen molar-refractivity contribution in [3.8, 4) is 0 Å². The Kier molecular flexibility index (Phi) is 3.41. The van der Waals surface area contributed by atoms with Gasteiger partial charge in [0.15, 0.2) is 0 Å². The van der Waals surface area contributed by atoms with Gasteiger partial charge in [0, 0.05) is 12.0 Å². The summed E-state index contributed by atoms with van der Waals surface area (Å²) >= 11 is 1.76. The number of ether oxygens (including phenoxy) is 1. The summed E-state index contributed by atoms with van der Waals surface area (Å²) in [5, 5.41) is 2.16. The van der Waals surface area contributed by atoms with E-state index < -0.39 is 0 Å². The van der Waals surface area contributed by atoms with Gasteiger partial charge in [0.2, 0.25) is 0 Å². The fourth-order valence-electron chi connectivity index (χ4n) is 2.03. The molecule has 3 N–H and O–H groups in total. The summed E-state index contributed by atoms with van der Waals surface area (Å²) in [6, 6.07) is 2.32. The maximum absolute atomic E-state index is 5.63. The minimum atomic E-state index is 0.132. The molecule has 0 bridgehead atoms. The molecule has 1 aliphatic rings. The molecule has 15 heavy (non-hydrogen) atoms. The number of aryl methyl sites for hydroxylation is 1. The molecule has 2 atom stereocenters. The van der Waals surface area contributed by atoms with E-state index in [1.54, 1.807) is 18.4 Å². The SMILES string of the molecule is COC(C1CC1)C(NN)c1csc(C)c1. The zero-order valence-corrected chi connectivity index (χ0v) is 10.0. The molecule has 0 aliphatic heterocycles. The highest BCUT2D eigenvalue weighted by atomic mass is 32.1. The third-order valence-corrected chi connectivity index (χ3v) is 3.86. The minimum absolute atomic E-state index is 0.132. The molecular weight excluding hydrogens is 208 g/mol. The minimum Gasteiger partial charge on any atom is -0.379 e. The molecule has 1 heterocycles. The molecule has 2 unspecified atom stereocenters. The molecule has 3 nitrogen and oxygen atoms in total. The lowest BCUT2D eigenvalue weighted by molar-refractivity contribution is 0.0508. The van der Waals surface area contributed by atoms with E-state index in [2.05, 4.69) is 23.8 Å². The van der Waals surface area contributed by atoms with E-state index in [4.69, 9.17) is 10.6 Å². The van der Waals surface area contributed by atoms with Crippen LogP contribution in [0.1, 0.15) is 29.3 Å². The topological polar surface area (TPSA) is 47.3 Å². The summed E-state index contributed by atoms with van der Waals surface area (Å²) in [6.07, 6.45) is 2.74. The van der Waals surface area contributed by atoms with Crippen molar-refractivity contribution in [1.29, 1.82) is 0 Å². The lowest BCUT2D eigenvalue weighted by Crippen LogP contribution is -2.38. The number of nitrogens with one attached hydrogen (secondary N) is 1. The van der Waals surface area contributed by atoms with Gasteiger partial charge in [0.1, 0.15) is 0 Å². The van der Waals surface area contributed by atoms with E-state index in [1.165, 1.54) is 23.3 Å². The smallest absolute Gasteiger partial charge is 0.0807 e. The predicted molar refractivity (Wildman–Crippen MR) is 62.6 cm³/mol. The summed E-state index contributed by atoms with van der Waals surface area (Å²) in [5.74, 6) is 6.31. The number of rotatable bonds is 5. The largest absolute Gasteiger partial charge is 0.379 e. The molecule has 0 radical (unpaired) electrons. The van der Waals surface area contributed by atoms with Crippen molar-refractivity contribution in [3.05, 3.63) is 21.9 Å². The van der Waals surface area contributed by atoms with Gasteiger partial charge < -0.3 is 4.74 Å². The molecule has 0 aromatic carbocycles. The van der Waals surface area contributed by atoms with Gasteiger partial charge in [0.25, 0.3) is 0 Å². The predicted octanol–water partition coefficient (Wildman–Crippen LogP) is 1.99. The molecule has 1 aromatic heterocycles. The highest BCUT2D eigenvalue weighted by Crippen LogP contribution is 2.40. The van der Waals surface area contributed by atoms with Gasteiger partial charge in [-0.2, -0.15) is 0 Å². The summed E-state index contributed by atoms with van der Waals surface area (Å²) in [6.45, 7) is 2.11. The zero-order chi connectivity index (χ0) is 10.8. The Balaban J connectivity index is 2.14. The summed E-state index contributed by atoms with van der Waals surface area (Å²) in [7, 11) is 1.77. The van der Waals surface area contributed by atoms with Crippen LogP contribution in [0.2, 0.25) is 0 Å². The van der Waals surface area contributed by atoms with E-state index in [-0.39, 0.29) is 12.1 Å². The maximum atomic E-state index is 5.63. The van der Waals surface area contributed by atoms with Crippen LogP contribution in [-0.4, -0.2) is 13.2 Å². The number of nitrogens with two attached hydrogens (primary N) is 1. The van der Waals surface area contributed by atoms with Crippen molar-refractivity contribution in [2.45, 2.75) is 31.9 Å². The van der Waals surface area contributed by atoms with E-state index >= 15 is 0 Å². The normalized spacial score (nSPS) is 20.2. The molecule has 1 aliphatic carbocycles. The van der Waals surface area contributed by atoms with E-state index in [0.29, 0.717) is 5.92 Å². The highest BCUT2D eigenvalue weighted by Gasteiger charge is 2.37. The van der Waals surface area contributed by atoms with Gasteiger partial charge in [-0.15, -0.1) is 11.3 Å². The Morgan fingerprint density at radius 1 is 1.60 bits per heavy atom. The molecular formula is C11H18N2OS. The molecule has 2 rings (SSSR count). The number of hydrazine groups is 1. The van der Waals surface area contributed by atoms with Gasteiger partial charge in [-0.25, -0.2) is 0 Å². The second-order valence-electron chi connectivity index (χ2n) is 4.17. The van der Waals surface area contributed by atoms with Crippen LogP contribution in [0.4, 0.5) is 0 Å². The van der Waals surface area contributed by atoms with E-state index in [0.717, 1.165) is 0 Å². The van der Waals surface area contributed by atoms with Gasteiger partial charge >= 0.3 is 0 Å². The Morgan fingerprint density at radius 2 is 2.33 bits per heavy atom. The fraction of sp³-hybridized carbons (Fsp3) is 0.636. The van der Waals surface area contributed by atoms with Gasteiger partial charge in [-0.3, -0.25) is 11.3 Å². The Morgan fingerprint density at radius 3 is 2.73 bits per heavy atom. The molecule has 1 aromatic rings. The summed E-state index contributed by atoms with van der Waals surface area (Å²) in [5.41, 5.74) is 4.13. The molecule has 0 spiro atoms. The molecule has 0 saturated heterocycles. The lowest BCUT2D eigenvalue weighted by Gasteiger charge is -2.24. The van der Waals surface area contributed by atoms with E-state index in [9.17, 15) is 0 Å². The van der Waals surface area contributed by atoms with Crippen LogP contribution in [0.15, 0.2) is 11.4 Å². The van der Waals surface area contributed by atoms with Crippen molar-refractivity contribution in [3.63, 3.8) is 0 Å². The van der Waals surface area contributed by atoms with Crippen LogP contribution in [0.25, 0.3) is 0 Å². The number of thiophene rings is 1. The number of hydrogen-bond donors (Lipinski definition) is 2. The van der Waals surface area contributed by atoms with E-state index in [1.807, 2.05) is 0 Å². The van der Waals surface area contributed by atoms with Crippen LogP contribution in [0, 0.1) is 12.8 Å². The average molecular weight is 226 g/mol. The monoisotopic (exact) mass is 226 g/mol. The Bertz CT molecular complexity index is 322. The van der Waals surface area contributed by atoms with Crippen molar-refractivity contribution in [2.24, 2.45) is 11.8 Å². The van der Waals surface area contributed by atoms with Crippen LogP contribution >= 0.6 is 11.3 Å². The Labute approximate surface area is 94.6 Å². The third-order valence-electron chi connectivity index (χ3n) is 2.98. The van der Waals surface area contributed by atoms with Crippen molar-refractivity contribution in [2.75, 3.05) is 7.11 Å². The standard InChI is InChI=1S/C11H18N2OS/c1-7-5-9(6-15-7)10(13-12)11(14-2)8-3-4-8/h5-6,8,10-11,13H,3-4,12H2,1-2H3. The first-order valence-electron chi connectivity index (χ1n) is 5.30. The molecule has 4 heteroatoms. The number of hydrogen-bond acceptors (Lipinski definition) is 4. The fourth-order valence-corrected chi connectivity index (χ4v) is 2.77. The Hall–Kier alpha value is -0.420. The molecule has 0 amide bonds. The quantitative estimate of drug-likeness (QED) is 0.596. The van der Waals surface area contributed by atoms with Crippen LogP contribution in [-0.2, 0) is 4.74 Å². The first-order valence-corrected chi connectivity index (χ1v) is 6.18. The first kappa shape index (κ1) is 11.1. The summed E-state index contributed by atoms with van der Waals surface area (Å²) < 4.78 is 5.55. The van der Waals surface area contributed by atoms with Crippen molar-refractivity contribution >= 4 is 11.3 Å². The maximum Gasteiger partial charge on any atom is 0.0807 e. The van der Waals surface area contributed by atoms with Gasteiger partial charge in [-0.1, -0.05) is 0 Å². The third kappa shape index (κ3) is 2.39.